The summed E-state index contributed by atoms with van der Waals surface area (Å²) >= 11 is 0. The number of pyridine rings is 1. The van der Waals surface area contributed by atoms with E-state index in [1.54, 1.807) is 30.5 Å². The van der Waals surface area contributed by atoms with Crippen molar-refractivity contribution in [2.75, 3.05) is 19.5 Å². The third-order valence-corrected chi connectivity index (χ3v) is 9.93. The number of hydrogen-bond donors (Lipinski definition) is 6. The summed E-state index contributed by atoms with van der Waals surface area (Å²) in [4.78, 5) is 22.3. The van der Waals surface area contributed by atoms with Crippen molar-refractivity contribution in [1.82, 2.24) is 9.97 Å². The predicted molar refractivity (Wildman–Crippen MR) is 188 cm³/mol. The molecule has 7 N–H and O–H groups in total. The monoisotopic (exact) mass is 671 g/mol. The summed E-state index contributed by atoms with van der Waals surface area (Å²) in [5.41, 5.74) is 8.99. The Morgan fingerprint density at radius 2 is 1.84 bits per heavy atom. The van der Waals surface area contributed by atoms with Gasteiger partial charge in [0.2, 0.25) is 5.75 Å². The summed E-state index contributed by atoms with van der Waals surface area (Å²) < 4.78 is 11.1. The van der Waals surface area contributed by atoms with Gasteiger partial charge in [0, 0.05) is 29.9 Å². The number of Topliss-reactive ketones (excluding diaryl/α,β-unsaturated/α-hetero) is 1. The lowest BCUT2D eigenvalue weighted by Gasteiger charge is -2.44. The number of ether oxygens (including phenoxy) is 2. The molecule has 10 nitrogen and oxygen atoms in total. The number of methoxy groups -OCH3 is 1. The van der Waals surface area contributed by atoms with Crippen LogP contribution in [-0.4, -0.2) is 56.0 Å². The number of H-pyrrole nitrogens is 1. The minimum Gasteiger partial charge on any atom is -0.504 e. The Morgan fingerprint density at radius 3 is 2.55 bits per heavy atom. The van der Waals surface area contributed by atoms with Gasteiger partial charge in [-0.15, -0.1) is 0 Å². The number of nitrogens with zero attached hydrogens (tertiary/aromatic N) is 1. The third-order valence-electron chi connectivity index (χ3n) is 9.93. The Morgan fingerprint density at radius 1 is 1.04 bits per heavy atom. The van der Waals surface area contributed by atoms with E-state index in [4.69, 9.17) is 15.2 Å². The molecule has 0 aliphatic heterocycles. The highest BCUT2D eigenvalue weighted by molar-refractivity contribution is 5.84. The van der Waals surface area contributed by atoms with Gasteiger partial charge in [0.25, 0.3) is 0 Å². The maximum atomic E-state index is 14.8. The zero-order valence-corrected chi connectivity index (χ0v) is 28.6. The van der Waals surface area contributed by atoms with Crippen LogP contribution >= 0.6 is 0 Å². The number of aromatic amines is 1. The first-order chi connectivity index (χ1) is 23.5. The Bertz CT molecular complexity index is 1710. The number of aryl methyl sites for hydroxylation is 2. The molecule has 2 aromatic heterocycles. The number of nitrogen functional groups attached to an aromatic ring is 1. The average Bonchev–Trinajstić information content (AvgIpc) is 3.75. The molecule has 2 heterocycles. The molecule has 0 spiro atoms. The number of carbonyl (C=O) groups is 1. The summed E-state index contributed by atoms with van der Waals surface area (Å²) in [7, 11) is 1.49. The van der Waals surface area contributed by atoms with Crippen molar-refractivity contribution < 1.29 is 34.7 Å². The lowest BCUT2D eigenvalue weighted by atomic mass is 9.59. The zero-order valence-electron chi connectivity index (χ0n) is 28.6. The number of nitrogens with two attached hydrogens (primary N) is 1. The number of aliphatic hydroxyl groups is 1. The second kappa shape index (κ2) is 15.7. The van der Waals surface area contributed by atoms with Crippen LogP contribution in [-0.2, 0) is 29.5 Å². The van der Waals surface area contributed by atoms with E-state index >= 15 is 0 Å². The highest BCUT2D eigenvalue weighted by Gasteiger charge is 2.54. The minimum atomic E-state index is -1.01. The van der Waals surface area contributed by atoms with Crippen LogP contribution in [0.4, 0.5) is 5.82 Å². The zero-order chi connectivity index (χ0) is 35.1. The number of phenols is 3. The number of ketones is 1. The molecule has 0 radical (unpaired) electrons. The number of phenolic OH excluding ortho intramolecular Hbond substituents is 3. The topological polar surface area (TPSA) is 171 Å². The fourth-order valence-corrected chi connectivity index (χ4v) is 7.64. The van der Waals surface area contributed by atoms with Crippen LogP contribution in [0, 0.1) is 17.8 Å². The van der Waals surface area contributed by atoms with Gasteiger partial charge < -0.3 is 40.6 Å². The van der Waals surface area contributed by atoms with E-state index in [1.807, 2.05) is 44.3 Å². The van der Waals surface area contributed by atoms with Gasteiger partial charge in [0.15, 0.2) is 23.0 Å². The lowest BCUT2D eigenvalue weighted by Crippen LogP contribution is -2.49. The molecule has 4 atom stereocenters. The van der Waals surface area contributed by atoms with Crippen molar-refractivity contribution >= 4 is 11.6 Å². The van der Waals surface area contributed by atoms with Crippen molar-refractivity contribution in [2.24, 2.45) is 17.8 Å². The van der Waals surface area contributed by atoms with Crippen molar-refractivity contribution in [3.8, 4) is 28.7 Å². The minimum absolute atomic E-state index is 0.0269. The van der Waals surface area contributed by atoms with Crippen LogP contribution < -0.4 is 15.2 Å². The Hall–Kier alpha value is -4.70. The van der Waals surface area contributed by atoms with Gasteiger partial charge in [0.05, 0.1) is 25.7 Å². The Kier molecular flexibility index (Phi) is 11.4. The summed E-state index contributed by atoms with van der Waals surface area (Å²) in [6.07, 6.45) is 6.82. The second-order valence-corrected chi connectivity index (χ2v) is 13.7. The van der Waals surface area contributed by atoms with Crippen LogP contribution in [0.25, 0.3) is 0 Å². The number of aromatic nitrogens is 2. The molecule has 49 heavy (non-hydrogen) atoms. The maximum Gasteiger partial charge on any atom is 0.200 e. The maximum absolute atomic E-state index is 14.8. The van der Waals surface area contributed by atoms with Gasteiger partial charge in [-0.25, -0.2) is 4.98 Å². The molecule has 0 saturated heterocycles. The van der Waals surface area contributed by atoms with Crippen molar-refractivity contribution in [3.63, 3.8) is 0 Å². The predicted octanol–water partition coefficient (Wildman–Crippen LogP) is 6.24. The molecule has 1 aliphatic carbocycles. The number of hydrogen-bond acceptors (Lipinski definition) is 9. The molecule has 4 unspecified atom stereocenters. The highest BCUT2D eigenvalue weighted by atomic mass is 16.5. The van der Waals surface area contributed by atoms with E-state index in [0.29, 0.717) is 49.4 Å². The van der Waals surface area contributed by atoms with Gasteiger partial charge in [-0.1, -0.05) is 26.3 Å². The largest absolute Gasteiger partial charge is 0.504 e. The normalized spacial score (nSPS) is 18.8. The first kappa shape index (κ1) is 35.6. The molecule has 1 aliphatic rings. The number of rotatable bonds is 16. The van der Waals surface area contributed by atoms with Crippen LogP contribution in [0.1, 0.15) is 68.3 Å². The molecule has 1 fully saturated rings. The molecule has 10 heteroatoms. The Balaban J connectivity index is 1.51. The number of benzene rings is 2. The van der Waals surface area contributed by atoms with E-state index in [0.717, 1.165) is 29.7 Å². The van der Waals surface area contributed by atoms with Crippen molar-refractivity contribution in [3.05, 3.63) is 89.4 Å². The molecule has 1 saturated carbocycles. The van der Waals surface area contributed by atoms with Crippen molar-refractivity contribution in [2.45, 2.75) is 76.7 Å². The van der Waals surface area contributed by atoms with E-state index in [9.17, 15) is 25.2 Å². The SMILES string of the molecule is COc1cc(CCC(O)C(C(=O)CCc2cc(O)c(O)c(OCC(C)C)c2)C2(c3ccnc(N)c3)CCCC2Cc2ccc[nH]2)ccc1O. The number of nitrogens with one attached hydrogen (secondary N) is 1. The summed E-state index contributed by atoms with van der Waals surface area (Å²) in [5, 5.41) is 43.2. The van der Waals surface area contributed by atoms with E-state index in [2.05, 4.69) is 9.97 Å². The van der Waals surface area contributed by atoms with Crippen molar-refractivity contribution in [1.29, 1.82) is 0 Å². The quantitative estimate of drug-likeness (QED) is 0.0754. The Labute approximate surface area is 288 Å². The molecule has 4 aromatic rings. The average molecular weight is 672 g/mol. The van der Waals surface area contributed by atoms with Crippen LogP contribution in [0.2, 0.25) is 0 Å². The molecule has 2 aromatic carbocycles. The first-order valence-corrected chi connectivity index (χ1v) is 17.1. The van der Waals surface area contributed by atoms with E-state index in [1.165, 1.54) is 13.2 Å². The lowest BCUT2D eigenvalue weighted by molar-refractivity contribution is -0.131. The summed E-state index contributed by atoms with van der Waals surface area (Å²) in [6, 6.07) is 16.0. The molecular formula is C39H49N3O7. The number of aliphatic hydroxyl groups excluding tert-OH is 1. The van der Waals surface area contributed by atoms with Crippen LogP contribution in [0.15, 0.2) is 67.0 Å². The summed E-state index contributed by atoms with van der Waals surface area (Å²) in [5.74, 6) is -0.378. The van der Waals surface area contributed by atoms with Gasteiger partial charge in [0.1, 0.15) is 11.6 Å². The molecule has 5 rings (SSSR count). The third kappa shape index (κ3) is 8.13. The number of aromatic hydroxyl groups is 3. The smallest absolute Gasteiger partial charge is 0.200 e. The standard InChI is InChI=1S/C39H49N3O7/c1-24(2)23-49-35-20-26(18-33(46)38(35)47)10-13-32(45)37(31(44)12-9-25-8-11-30(43)34(19-25)48-3)39(28-14-17-42-36(40)22-28)15-4-6-27(39)21-29-7-5-16-41-29/h5,7-8,11,14,16-20,22,24,27,31,37,41,43-44,46-47H,4,6,9-10,12-13,15,21,23H2,1-3H3,(H2,40,42). The fourth-order valence-electron chi connectivity index (χ4n) is 7.64. The first-order valence-electron chi connectivity index (χ1n) is 17.1. The van der Waals surface area contributed by atoms with Crippen LogP contribution in [0.3, 0.4) is 0 Å². The van der Waals surface area contributed by atoms with Crippen LogP contribution in [0.5, 0.6) is 28.7 Å². The molecule has 0 bridgehead atoms. The highest BCUT2D eigenvalue weighted by Crippen LogP contribution is 2.54. The second-order valence-electron chi connectivity index (χ2n) is 13.7. The molecule has 262 valence electrons. The van der Waals surface area contributed by atoms with Gasteiger partial charge in [-0.05, 0) is 116 Å². The number of anilines is 1. The number of carbonyl (C=O) groups excluding carboxylic acids is 1. The molecule has 0 amide bonds. The van der Waals surface area contributed by atoms with E-state index < -0.39 is 17.4 Å². The van der Waals surface area contributed by atoms with Gasteiger partial charge in [-0.2, -0.15) is 0 Å². The molecular weight excluding hydrogens is 622 g/mol. The van der Waals surface area contributed by atoms with Gasteiger partial charge >= 0.3 is 0 Å². The fraction of sp³-hybridized carbons (Fsp3) is 0.436. The summed E-state index contributed by atoms with van der Waals surface area (Å²) in [6.45, 7) is 4.33. The van der Waals surface area contributed by atoms with Gasteiger partial charge in [-0.3, -0.25) is 4.79 Å². The van der Waals surface area contributed by atoms with E-state index in [-0.39, 0.29) is 53.5 Å².